The van der Waals surface area contributed by atoms with Gasteiger partial charge in [0.15, 0.2) is 4.34 Å². The Morgan fingerprint density at radius 1 is 1.56 bits per heavy atom. The van der Waals surface area contributed by atoms with Crippen LogP contribution in [0.5, 0.6) is 0 Å². The van der Waals surface area contributed by atoms with Crippen LogP contribution in [0, 0.1) is 0 Å². The van der Waals surface area contributed by atoms with Gasteiger partial charge in [0.1, 0.15) is 5.25 Å². The van der Waals surface area contributed by atoms with Gasteiger partial charge in [-0.3, -0.25) is 9.69 Å². The smallest absolute Gasteiger partial charge is 0.230 e. The van der Waals surface area contributed by atoms with E-state index in [1.165, 1.54) is 28.0 Å². The number of nitrogens with zero attached hydrogens (tertiary/aromatic N) is 3. The first-order valence-corrected chi connectivity index (χ1v) is 8.61. The van der Waals surface area contributed by atoms with Gasteiger partial charge in [-0.2, -0.15) is 0 Å². The maximum absolute atomic E-state index is 11.7. The van der Waals surface area contributed by atoms with Crippen molar-refractivity contribution in [3.05, 3.63) is 0 Å². The predicted molar refractivity (Wildman–Crippen MR) is 70.2 cm³/mol. The lowest BCUT2D eigenvalue weighted by molar-refractivity contribution is -0.117. The molecular weight excluding hydrogens is 296 g/mol. The van der Waals surface area contributed by atoms with Gasteiger partial charge in [-0.25, -0.2) is 13.6 Å². The molecule has 0 aliphatic carbocycles. The number of thioether (sulfide) groups is 1. The van der Waals surface area contributed by atoms with Crippen LogP contribution in [-0.4, -0.2) is 42.1 Å². The van der Waals surface area contributed by atoms with Gasteiger partial charge in [-0.1, -0.05) is 30.0 Å². The Kier molecular flexibility index (Phi) is 3.90. The Morgan fingerprint density at radius 2 is 2.28 bits per heavy atom. The van der Waals surface area contributed by atoms with E-state index in [0.717, 1.165) is 10.1 Å². The number of hydrogen-bond donors (Lipinski definition) is 1. The third-order valence-corrected chi connectivity index (χ3v) is 5.66. The van der Waals surface area contributed by atoms with Crippen molar-refractivity contribution in [1.82, 2.24) is 10.2 Å². The first kappa shape index (κ1) is 13.7. The van der Waals surface area contributed by atoms with Crippen LogP contribution in [-0.2, 0) is 14.8 Å². The predicted octanol–water partition coefficient (Wildman–Crippen LogP) is 0.0439. The van der Waals surface area contributed by atoms with Crippen molar-refractivity contribution in [1.29, 1.82) is 0 Å². The number of hydrogen-bond acceptors (Lipinski definition) is 7. The molecule has 0 aromatic carbocycles. The molecule has 0 spiro atoms. The van der Waals surface area contributed by atoms with Crippen molar-refractivity contribution < 1.29 is 13.2 Å². The molecule has 100 valence electrons. The van der Waals surface area contributed by atoms with Crippen molar-refractivity contribution in [3.8, 4) is 0 Å². The minimum atomic E-state index is -3.69. The molecule has 1 aliphatic heterocycles. The molecule has 1 aliphatic rings. The molecule has 1 aromatic heterocycles. The van der Waals surface area contributed by atoms with E-state index in [0.29, 0.717) is 5.13 Å². The van der Waals surface area contributed by atoms with E-state index >= 15 is 0 Å². The molecule has 1 amide bonds. The minimum Gasteiger partial charge on any atom is -0.285 e. The number of rotatable bonds is 4. The minimum absolute atomic E-state index is 0.0586. The topological polar surface area (TPSA) is 106 Å². The quantitative estimate of drug-likeness (QED) is 0.622. The molecule has 2 rings (SSSR count). The fourth-order valence-corrected chi connectivity index (χ4v) is 4.07. The molecule has 1 saturated heterocycles. The van der Waals surface area contributed by atoms with Crippen molar-refractivity contribution in [2.24, 2.45) is 5.14 Å². The Morgan fingerprint density at radius 3 is 2.83 bits per heavy atom. The lowest BCUT2D eigenvalue weighted by Crippen LogP contribution is -2.32. The van der Waals surface area contributed by atoms with Crippen molar-refractivity contribution in [3.63, 3.8) is 0 Å². The highest BCUT2D eigenvalue weighted by molar-refractivity contribution is 8.01. The van der Waals surface area contributed by atoms with E-state index in [1.807, 2.05) is 6.92 Å². The highest BCUT2D eigenvalue weighted by atomic mass is 32.2. The number of primary sulfonamides is 1. The molecular formula is C8H12N4O3S3. The largest absolute Gasteiger partial charge is 0.285 e. The number of nitrogens with two attached hydrogens (primary N) is 1. The van der Waals surface area contributed by atoms with Gasteiger partial charge in [-0.15, -0.1) is 10.2 Å². The molecule has 2 heterocycles. The molecule has 10 heteroatoms. The van der Waals surface area contributed by atoms with Crippen molar-refractivity contribution >= 4 is 44.2 Å². The average Bonchev–Trinajstić information content (AvgIpc) is 2.84. The maximum atomic E-state index is 11.7. The number of sulfonamides is 1. The van der Waals surface area contributed by atoms with Crippen LogP contribution in [0.25, 0.3) is 0 Å². The number of carbonyl (C=O) groups excluding carboxylic acids is 1. The second-order valence-corrected chi connectivity index (χ2v) is 8.01. The van der Waals surface area contributed by atoms with Crippen LogP contribution in [0.15, 0.2) is 4.34 Å². The molecule has 0 saturated carbocycles. The third kappa shape index (κ3) is 2.82. The van der Waals surface area contributed by atoms with Crippen LogP contribution >= 0.6 is 23.1 Å². The molecule has 18 heavy (non-hydrogen) atoms. The van der Waals surface area contributed by atoms with E-state index < -0.39 is 15.3 Å². The maximum Gasteiger partial charge on any atom is 0.230 e. The average molecular weight is 308 g/mol. The van der Waals surface area contributed by atoms with Gasteiger partial charge in [0.25, 0.3) is 0 Å². The summed E-state index contributed by atoms with van der Waals surface area (Å²) in [5.41, 5.74) is 0. The zero-order chi connectivity index (χ0) is 13.3. The summed E-state index contributed by atoms with van der Waals surface area (Å²) in [6.45, 7) is 2.05. The van der Waals surface area contributed by atoms with Crippen molar-refractivity contribution in [2.45, 2.75) is 22.9 Å². The molecule has 0 bridgehead atoms. The summed E-state index contributed by atoms with van der Waals surface area (Å²) in [4.78, 5) is 13.1. The highest BCUT2D eigenvalue weighted by Crippen LogP contribution is 2.31. The Labute approximate surface area is 113 Å². The van der Waals surface area contributed by atoms with E-state index in [4.69, 9.17) is 5.14 Å². The van der Waals surface area contributed by atoms with E-state index in [-0.39, 0.29) is 18.9 Å². The van der Waals surface area contributed by atoms with Crippen molar-refractivity contribution in [2.75, 3.05) is 17.2 Å². The van der Waals surface area contributed by atoms with E-state index in [9.17, 15) is 13.2 Å². The SMILES string of the molecule is CCSc1nnc(N2CC(S(N)(=O)=O)CC2=O)s1. The fraction of sp³-hybridized carbons (Fsp3) is 0.625. The summed E-state index contributed by atoms with van der Waals surface area (Å²) in [5, 5.41) is 12.5. The first-order chi connectivity index (χ1) is 8.41. The van der Waals surface area contributed by atoms with Crippen LogP contribution < -0.4 is 10.0 Å². The summed E-state index contributed by atoms with van der Waals surface area (Å²) < 4.78 is 23.2. The van der Waals surface area contributed by atoms with Gasteiger partial charge < -0.3 is 0 Å². The fourth-order valence-electron chi connectivity index (χ4n) is 1.57. The summed E-state index contributed by atoms with van der Waals surface area (Å²) in [5.74, 6) is 0.584. The summed E-state index contributed by atoms with van der Waals surface area (Å²) in [6.07, 6.45) is -0.0886. The van der Waals surface area contributed by atoms with Crippen LogP contribution in [0.1, 0.15) is 13.3 Å². The molecule has 1 atom stereocenters. The van der Waals surface area contributed by atoms with E-state index in [2.05, 4.69) is 10.2 Å². The standard InChI is InChI=1S/C8H12N4O3S3/c1-2-16-8-11-10-7(17-8)12-4-5(3-6(12)13)18(9,14)15/h5H,2-4H2,1H3,(H2,9,14,15). The number of carbonyl (C=O) groups is 1. The molecule has 1 aromatic rings. The van der Waals surface area contributed by atoms with Gasteiger partial charge in [-0.05, 0) is 5.75 Å². The zero-order valence-electron chi connectivity index (χ0n) is 9.57. The molecule has 2 N–H and O–H groups in total. The van der Waals surface area contributed by atoms with Gasteiger partial charge in [0.05, 0.1) is 0 Å². The summed E-state index contributed by atoms with van der Waals surface area (Å²) in [7, 11) is -3.69. The van der Waals surface area contributed by atoms with Gasteiger partial charge >= 0.3 is 0 Å². The summed E-state index contributed by atoms with van der Waals surface area (Å²) in [6, 6.07) is 0. The monoisotopic (exact) mass is 308 g/mol. The third-order valence-electron chi connectivity index (χ3n) is 2.45. The van der Waals surface area contributed by atoms with Crippen LogP contribution in [0.2, 0.25) is 0 Å². The van der Waals surface area contributed by atoms with Gasteiger partial charge in [0.2, 0.25) is 21.1 Å². The highest BCUT2D eigenvalue weighted by Gasteiger charge is 2.38. The Hall–Kier alpha value is -0.710. The Balaban J connectivity index is 2.16. The van der Waals surface area contributed by atoms with Gasteiger partial charge in [0, 0.05) is 13.0 Å². The number of anilines is 1. The molecule has 7 nitrogen and oxygen atoms in total. The number of amides is 1. The molecule has 1 unspecified atom stereocenters. The summed E-state index contributed by atoms with van der Waals surface area (Å²) >= 11 is 2.81. The lowest BCUT2D eigenvalue weighted by Gasteiger charge is -2.10. The number of aromatic nitrogens is 2. The second-order valence-electron chi connectivity index (χ2n) is 3.70. The van der Waals surface area contributed by atoms with E-state index in [1.54, 1.807) is 0 Å². The normalized spacial score (nSPS) is 20.7. The first-order valence-electron chi connectivity index (χ1n) is 5.20. The Bertz CT molecular complexity index is 556. The molecule has 0 radical (unpaired) electrons. The molecule has 1 fully saturated rings. The zero-order valence-corrected chi connectivity index (χ0v) is 12.0. The van der Waals surface area contributed by atoms with Crippen LogP contribution in [0.3, 0.4) is 0 Å². The lowest BCUT2D eigenvalue weighted by atomic mass is 10.4. The second kappa shape index (κ2) is 5.11. The van der Waals surface area contributed by atoms with Crippen LogP contribution in [0.4, 0.5) is 5.13 Å².